The molecular formula is C13H14N4O3. The Morgan fingerprint density at radius 2 is 2.20 bits per heavy atom. The average Bonchev–Trinajstić information content (AvgIpc) is 2.90. The quantitative estimate of drug-likeness (QED) is 0.869. The molecule has 2 aromatic heterocycles. The van der Waals surface area contributed by atoms with E-state index < -0.39 is 11.9 Å². The number of nitrogens with zero attached hydrogens (tertiary/aromatic N) is 4. The van der Waals surface area contributed by atoms with Gasteiger partial charge in [-0.1, -0.05) is 0 Å². The Hall–Kier alpha value is -2.44. The van der Waals surface area contributed by atoms with Crippen LogP contribution in [0.1, 0.15) is 23.2 Å². The Morgan fingerprint density at radius 1 is 1.35 bits per heavy atom. The minimum absolute atomic E-state index is 0.182. The summed E-state index contributed by atoms with van der Waals surface area (Å²) in [5, 5.41) is 13.2. The first-order chi connectivity index (χ1) is 9.66. The maximum absolute atomic E-state index is 12.5. The van der Waals surface area contributed by atoms with Crippen LogP contribution in [0.25, 0.3) is 5.52 Å². The number of hydrogen-bond donors (Lipinski definition) is 1. The van der Waals surface area contributed by atoms with Crippen molar-refractivity contribution in [3.63, 3.8) is 0 Å². The van der Waals surface area contributed by atoms with Crippen molar-refractivity contribution in [3.05, 3.63) is 30.4 Å². The summed E-state index contributed by atoms with van der Waals surface area (Å²) in [5.41, 5.74) is 1.10. The Morgan fingerprint density at radius 3 is 3.00 bits per heavy atom. The zero-order valence-electron chi connectivity index (χ0n) is 10.8. The molecule has 1 unspecified atom stereocenters. The van der Waals surface area contributed by atoms with E-state index in [1.54, 1.807) is 28.0 Å². The molecule has 0 spiro atoms. The van der Waals surface area contributed by atoms with Crippen molar-refractivity contribution in [1.82, 2.24) is 19.5 Å². The Labute approximate surface area is 114 Å². The van der Waals surface area contributed by atoms with Gasteiger partial charge in [-0.2, -0.15) is 5.10 Å². The summed E-state index contributed by atoms with van der Waals surface area (Å²) in [5.74, 6) is -1.50. The maximum atomic E-state index is 12.5. The summed E-state index contributed by atoms with van der Waals surface area (Å²) in [6.07, 6.45) is 7.68. The summed E-state index contributed by atoms with van der Waals surface area (Å²) in [4.78, 5) is 29.1. The van der Waals surface area contributed by atoms with Crippen LogP contribution in [0.15, 0.2) is 24.8 Å². The summed E-state index contributed by atoms with van der Waals surface area (Å²) in [7, 11) is 0. The van der Waals surface area contributed by atoms with E-state index in [0.29, 0.717) is 30.5 Å². The summed E-state index contributed by atoms with van der Waals surface area (Å²) in [6.45, 7) is 0.839. The van der Waals surface area contributed by atoms with Crippen molar-refractivity contribution in [2.24, 2.45) is 5.92 Å². The molecule has 0 saturated carbocycles. The number of aliphatic carboxylic acids is 1. The number of likely N-dealkylation sites (tertiary alicyclic amines) is 1. The second-order valence-corrected chi connectivity index (χ2v) is 4.89. The molecule has 0 bridgehead atoms. The molecule has 1 atom stereocenters. The maximum Gasteiger partial charge on any atom is 0.308 e. The van der Waals surface area contributed by atoms with Gasteiger partial charge in [0.25, 0.3) is 5.91 Å². The monoisotopic (exact) mass is 274 g/mol. The molecule has 7 heteroatoms. The van der Waals surface area contributed by atoms with Crippen LogP contribution in [0, 0.1) is 5.92 Å². The van der Waals surface area contributed by atoms with Crippen molar-refractivity contribution >= 4 is 17.4 Å². The van der Waals surface area contributed by atoms with Crippen molar-refractivity contribution in [1.29, 1.82) is 0 Å². The van der Waals surface area contributed by atoms with Crippen LogP contribution < -0.4 is 0 Å². The molecule has 104 valence electrons. The molecule has 1 amide bonds. The van der Waals surface area contributed by atoms with Gasteiger partial charge in [0.15, 0.2) is 0 Å². The molecule has 1 fully saturated rings. The fourth-order valence-electron chi connectivity index (χ4n) is 2.53. The van der Waals surface area contributed by atoms with E-state index in [1.165, 1.54) is 6.20 Å². The number of carbonyl (C=O) groups is 2. The lowest BCUT2D eigenvalue weighted by atomic mass is 9.98. The Kier molecular flexibility index (Phi) is 3.09. The predicted octanol–water partition coefficient (Wildman–Crippen LogP) is 0.666. The third-order valence-corrected chi connectivity index (χ3v) is 3.61. The number of rotatable bonds is 2. The van der Waals surface area contributed by atoms with Gasteiger partial charge >= 0.3 is 5.97 Å². The minimum atomic E-state index is -0.843. The number of fused-ring (bicyclic) bond motifs is 1. The third-order valence-electron chi connectivity index (χ3n) is 3.61. The van der Waals surface area contributed by atoms with Gasteiger partial charge in [0, 0.05) is 25.5 Å². The van der Waals surface area contributed by atoms with E-state index in [2.05, 4.69) is 10.1 Å². The topological polar surface area (TPSA) is 87.8 Å². The normalized spacial score (nSPS) is 19.2. The Bertz CT molecular complexity index is 666. The lowest BCUT2D eigenvalue weighted by Crippen LogP contribution is -2.42. The van der Waals surface area contributed by atoms with Crippen molar-refractivity contribution in [2.75, 3.05) is 13.1 Å². The van der Waals surface area contributed by atoms with E-state index in [-0.39, 0.29) is 12.5 Å². The van der Waals surface area contributed by atoms with E-state index in [1.807, 2.05) is 0 Å². The first kappa shape index (κ1) is 12.6. The van der Waals surface area contributed by atoms with Crippen molar-refractivity contribution < 1.29 is 14.7 Å². The predicted molar refractivity (Wildman–Crippen MR) is 69.3 cm³/mol. The minimum Gasteiger partial charge on any atom is -0.481 e. The van der Waals surface area contributed by atoms with Crippen LogP contribution in [0.5, 0.6) is 0 Å². The van der Waals surface area contributed by atoms with Crippen LogP contribution in [0.4, 0.5) is 0 Å². The third kappa shape index (κ3) is 2.11. The van der Waals surface area contributed by atoms with Crippen LogP contribution >= 0.6 is 0 Å². The molecule has 7 nitrogen and oxygen atoms in total. The molecule has 3 rings (SSSR count). The lowest BCUT2D eigenvalue weighted by Gasteiger charge is -2.30. The molecule has 20 heavy (non-hydrogen) atoms. The van der Waals surface area contributed by atoms with Gasteiger partial charge in [0.1, 0.15) is 0 Å². The first-order valence-electron chi connectivity index (χ1n) is 6.46. The summed E-state index contributed by atoms with van der Waals surface area (Å²) in [6, 6.07) is 0. The standard InChI is InChI=1S/C13H14N4O3/c18-12(16-4-1-2-9(8-16)13(19)20)10-6-15-17-5-3-14-7-11(10)17/h3,5-7,9H,1-2,4,8H2,(H,19,20). The van der Waals surface area contributed by atoms with Crippen LogP contribution in [0.3, 0.4) is 0 Å². The SMILES string of the molecule is O=C(O)C1CCCN(C(=O)c2cnn3ccncc23)C1. The van der Waals surface area contributed by atoms with Gasteiger partial charge in [0.05, 0.1) is 29.4 Å². The zero-order chi connectivity index (χ0) is 14.1. The highest BCUT2D eigenvalue weighted by atomic mass is 16.4. The number of carboxylic acids is 1. The van der Waals surface area contributed by atoms with Gasteiger partial charge in [-0.25, -0.2) is 4.52 Å². The number of hydrogen-bond acceptors (Lipinski definition) is 4. The molecule has 0 aromatic carbocycles. The zero-order valence-corrected chi connectivity index (χ0v) is 10.8. The second-order valence-electron chi connectivity index (χ2n) is 4.89. The number of aromatic nitrogens is 3. The highest BCUT2D eigenvalue weighted by Gasteiger charge is 2.29. The number of piperidine rings is 1. The average molecular weight is 274 g/mol. The van der Waals surface area contributed by atoms with Gasteiger partial charge in [-0.15, -0.1) is 0 Å². The van der Waals surface area contributed by atoms with Crippen LogP contribution in [-0.4, -0.2) is 49.6 Å². The molecular weight excluding hydrogens is 260 g/mol. The number of amides is 1. The smallest absolute Gasteiger partial charge is 0.308 e. The molecule has 1 saturated heterocycles. The Balaban J connectivity index is 1.87. The van der Waals surface area contributed by atoms with Crippen LogP contribution in [0.2, 0.25) is 0 Å². The number of carbonyl (C=O) groups excluding carboxylic acids is 1. The van der Waals surface area contributed by atoms with E-state index in [4.69, 9.17) is 5.11 Å². The highest BCUT2D eigenvalue weighted by Crippen LogP contribution is 2.20. The van der Waals surface area contributed by atoms with Gasteiger partial charge in [-0.3, -0.25) is 14.6 Å². The van der Waals surface area contributed by atoms with E-state index >= 15 is 0 Å². The first-order valence-corrected chi connectivity index (χ1v) is 6.46. The molecule has 0 aliphatic carbocycles. The molecule has 1 aliphatic heterocycles. The van der Waals surface area contributed by atoms with Gasteiger partial charge in [0.2, 0.25) is 0 Å². The second kappa shape index (κ2) is 4.92. The van der Waals surface area contributed by atoms with E-state index in [0.717, 1.165) is 0 Å². The van der Waals surface area contributed by atoms with Crippen LogP contribution in [-0.2, 0) is 4.79 Å². The fourth-order valence-corrected chi connectivity index (χ4v) is 2.53. The summed E-state index contributed by atoms with van der Waals surface area (Å²) < 4.78 is 1.58. The van der Waals surface area contributed by atoms with Gasteiger partial charge in [-0.05, 0) is 12.8 Å². The lowest BCUT2D eigenvalue weighted by molar-refractivity contribution is -0.143. The van der Waals surface area contributed by atoms with Crippen molar-refractivity contribution in [2.45, 2.75) is 12.8 Å². The van der Waals surface area contributed by atoms with E-state index in [9.17, 15) is 9.59 Å². The summed E-state index contributed by atoms with van der Waals surface area (Å²) >= 11 is 0. The molecule has 2 aromatic rings. The number of carboxylic acid groups (broad SMARTS) is 1. The molecule has 0 radical (unpaired) electrons. The van der Waals surface area contributed by atoms with Crippen molar-refractivity contribution in [3.8, 4) is 0 Å². The molecule has 1 aliphatic rings. The molecule has 1 N–H and O–H groups in total. The fraction of sp³-hybridized carbons (Fsp3) is 0.385. The highest BCUT2D eigenvalue weighted by molar-refractivity contribution is 6.00. The largest absolute Gasteiger partial charge is 0.481 e. The van der Waals surface area contributed by atoms with Gasteiger partial charge < -0.3 is 10.0 Å². The molecule has 3 heterocycles.